The van der Waals surface area contributed by atoms with Crippen LogP contribution in [-0.2, 0) is 6.42 Å². The zero-order valence-corrected chi connectivity index (χ0v) is 7.75. The van der Waals surface area contributed by atoms with E-state index < -0.39 is 0 Å². The van der Waals surface area contributed by atoms with Gasteiger partial charge in [0.15, 0.2) is 0 Å². The molecule has 0 aromatic carbocycles. The second kappa shape index (κ2) is 2.89. The van der Waals surface area contributed by atoms with Gasteiger partial charge in [0.2, 0.25) is 0 Å². The Hall–Kier alpha value is -0.850. The smallest absolute Gasteiger partial charge is 0.0302 e. The van der Waals surface area contributed by atoms with Crippen LogP contribution in [0.15, 0.2) is 18.5 Å². The highest BCUT2D eigenvalue weighted by atomic mass is 14.6. The van der Waals surface area contributed by atoms with Crippen LogP contribution in [0.3, 0.4) is 0 Å². The third kappa shape index (κ3) is 1.13. The van der Waals surface area contributed by atoms with E-state index in [1.807, 2.05) is 12.4 Å². The molecule has 0 saturated carbocycles. The summed E-state index contributed by atoms with van der Waals surface area (Å²) in [6, 6.07) is 2.19. The average molecular weight is 161 g/mol. The SMILES string of the molecule is CC(C)[C@H]1CCc2cnccc21. The molecule has 0 radical (unpaired) electrons. The minimum Gasteiger partial charge on any atom is -0.264 e. The fraction of sp³-hybridized carbons (Fsp3) is 0.545. The first-order valence-corrected chi connectivity index (χ1v) is 4.72. The summed E-state index contributed by atoms with van der Waals surface area (Å²) in [6.07, 6.45) is 6.49. The Balaban J connectivity index is 2.36. The van der Waals surface area contributed by atoms with E-state index in [2.05, 4.69) is 24.9 Å². The molecule has 64 valence electrons. The number of hydrogen-bond acceptors (Lipinski definition) is 1. The third-order valence-corrected chi connectivity index (χ3v) is 2.87. The van der Waals surface area contributed by atoms with E-state index in [4.69, 9.17) is 0 Å². The summed E-state index contributed by atoms with van der Waals surface area (Å²) in [5, 5.41) is 0. The van der Waals surface area contributed by atoms with Crippen LogP contribution in [0.1, 0.15) is 37.3 Å². The molecule has 0 fully saturated rings. The van der Waals surface area contributed by atoms with Gasteiger partial charge in [0.25, 0.3) is 0 Å². The zero-order valence-electron chi connectivity index (χ0n) is 7.75. The van der Waals surface area contributed by atoms with Gasteiger partial charge in [0, 0.05) is 12.4 Å². The number of rotatable bonds is 1. The largest absolute Gasteiger partial charge is 0.264 e. The quantitative estimate of drug-likeness (QED) is 0.617. The highest BCUT2D eigenvalue weighted by molar-refractivity contribution is 5.32. The molecule has 1 heteroatoms. The molecule has 1 aromatic heterocycles. The highest BCUT2D eigenvalue weighted by Crippen LogP contribution is 2.37. The number of hydrogen-bond donors (Lipinski definition) is 0. The van der Waals surface area contributed by atoms with Gasteiger partial charge in [0.05, 0.1) is 0 Å². The normalized spacial score (nSPS) is 21.4. The van der Waals surface area contributed by atoms with Crippen LogP contribution in [-0.4, -0.2) is 4.98 Å². The molecule has 0 bridgehead atoms. The summed E-state index contributed by atoms with van der Waals surface area (Å²) in [4.78, 5) is 4.15. The molecule has 1 aromatic rings. The summed E-state index contributed by atoms with van der Waals surface area (Å²) in [5.74, 6) is 1.55. The molecule has 1 nitrogen and oxygen atoms in total. The Kier molecular flexibility index (Phi) is 1.87. The second-order valence-corrected chi connectivity index (χ2v) is 3.96. The second-order valence-electron chi connectivity index (χ2n) is 3.96. The molecule has 0 spiro atoms. The van der Waals surface area contributed by atoms with Gasteiger partial charge in [0.1, 0.15) is 0 Å². The summed E-state index contributed by atoms with van der Waals surface area (Å²) in [5.41, 5.74) is 3.01. The van der Waals surface area contributed by atoms with Crippen molar-refractivity contribution < 1.29 is 0 Å². The average Bonchev–Trinajstić information content (AvgIpc) is 2.47. The molecule has 0 unspecified atom stereocenters. The Morgan fingerprint density at radius 1 is 1.50 bits per heavy atom. The van der Waals surface area contributed by atoms with E-state index in [1.165, 1.54) is 18.4 Å². The Morgan fingerprint density at radius 3 is 3.08 bits per heavy atom. The Bertz CT molecular complexity index is 278. The van der Waals surface area contributed by atoms with Crippen molar-refractivity contribution in [2.45, 2.75) is 32.6 Å². The lowest BCUT2D eigenvalue weighted by molar-refractivity contribution is 0.496. The molecule has 2 rings (SSSR count). The van der Waals surface area contributed by atoms with E-state index in [0.29, 0.717) is 0 Å². The number of aryl methyl sites for hydroxylation is 1. The van der Waals surface area contributed by atoms with Crippen LogP contribution in [0.2, 0.25) is 0 Å². The molecule has 0 amide bonds. The van der Waals surface area contributed by atoms with Crippen LogP contribution < -0.4 is 0 Å². The summed E-state index contributed by atoms with van der Waals surface area (Å²) in [6.45, 7) is 4.61. The molecule has 0 aliphatic heterocycles. The standard InChI is InChI=1S/C11H15N/c1-8(2)10-4-3-9-7-12-6-5-11(9)10/h5-8,10H,3-4H2,1-2H3/t10-/m1/s1. The maximum atomic E-state index is 4.15. The van der Waals surface area contributed by atoms with E-state index in [0.717, 1.165) is 11.8 Å². The number of aromatic nitrogens is 1. The lowest BCUT2D eigenvalue weighted by Gasteiger charge is -2.14. The van der Waals surface area contributed by atoms with Crippen molar-refractivity contribution in [3.8, 4) is 0 Å². The first kappa shape index (κ1) is 7.78. The van der Waals surface area contributed by atoms with Gasteiger partial charge in [-0.3, -0.25) is 4.98 Å². The van der Waals surface area contributed by atoms with Crippen LogP contribution in [0.5, 0.6) is 0 Å². The maximum Gasteiger partial charge on any atom is 0.0302 e. The molecular formula is C11H15N. The monoisotopic (exact) mass is 161 g/mol. The predicted molar refractivity (Wildman–Crippen MR) is 50.1 cm³/mol. The minimum atomic E-state index is 0.772. The van der Waals surface area contributed by atoms with Gasteiger partial charge in [-0.05, 0) is 41.9 Å². The van der Waals surface area contributed by atoms with Crippen molar-refractivity contribution in [3.05, 3.63) is 29.6 Å². The first-order chi connectivity index (χ1) is 5.79. The van der Waals surface area contributed by atoms with Gasteiger partial charge < -0.3 is 0 Å². The van der Waals surface area contributed by atoms with Crippen LogP contribution in [0.4, 0.5) is 0 Å². The topological polar surface area (TPSA) is 12.9 Å². The minimum absolute atomic E-state index is 0.772. The lowest BCUT2D eigenvalue weighted by Crippen LogP contribution is -2.01. The van der Waals surface area contributed by atoms with Gasteiger partial charge in [-0.15, -0.1) is 0 Å². The van der Waals surface area contributed by atoms with E-state index >= 15 is 0 Å². The van der Waals surface area contributed by atoms with Crippen molar-refractivity contribution in [1.82, 2.24) is 4.98 Å². The number of pyridine rings is 1. The molecule has 1 heterocycles. The third-order valence-electron chi connectivity index (χ3n) is 2.87. The molecule has 0 N–H and O–H groups in total. The fourth-order valence-electron chi connectivity index (χ4n) is 2.17. The first-order valence-electron chi connectivity index (χ1n) is 4.72. The fourth-order valence-corrected chi connectivity index (χ4v) is 2.17. The van der Waals surface area contributed by atoms with Crippen LogP contribution in [0, 0.1) is 5.92 Å². The Labute approximate surface area is 73.8 Å². The van der Waals surface area contributed by atoms with E-state index in [-0.39, 0.29) is 0 Å². The predicted octanol–water partition coefficient (Wildman–Crippen LogP) is 2.77. The maximum absolute atomic E-state index is 4.15. The highest BCUT2D eigenvalue weighted by Gasteiger charge is 2.24. The molecule has 1 atom stereocenters. The summed E-state index contributed by atoms with van der Waals surface area (Å²) in [7, 11) is 0. The number of nitrogens with zero attached hydrogens (tertiary/aromatic N) is 1. The van der Waals surface area contributed by atoms with E-state index in [9.17, 15) is 0 Å². The zero-order chi connectivity index (χ0) is 8.55. The molecular weight excluding hydrogens is 146 g/mol. The van der Waals surface area contributed by atoms with Crippen molar-refractivity contribution in [3.63, 3.8) is 0 Å². The lowest BCUT2D eigenvalue weighted by atomic mass is 9.91. The van der Waals surface area contributed by atoms with Crippen molar-refractivity contribution in [1.29, 1.82) is 0 Å². The Morgan fingerprint density at radius 2 is 2.33 bits per heavy atom. The molecule has 0 saturated heterocycles. The van der Waals surface area contributed by atoms with Gasteiger partial charge in [-0.1, -0.05) is 13.8 Å². The van der Waals surface area contributed by atoms with Crippen LogP contribution >= 0.6 is 0 Å². The van der Waals surface area contributed by atoms with Gasteiger partial charge in [-0.2, -0.15) is 0 Å². The van der Waals surface area contributed by atoms with Crippen LogP contribution in [0.25, 0.3) is 0 Å². The van der Waals surface area contributed by atoms with Crippen molar-refractivity contribution in [2.24, 2.45) is 5.92 Å². The van der Waals surface area contributed by atoms with Crippen molar-refractivity contribution >= 4 is 0 Å². The molecule has 12 heavy (non-hydrogen) atoms. The van der Waals surface area contributed by atoms with Gasteiger partial charge in [-0.25, -0.2) is 0 Å². The van der Waals surface area contributed by atoms with Gasteiger partial charge >= 0.3 is 0 Å². The van der Waals surface area contributed by atoms with Crippen molar-refractivity contribution in [2.75, 3.05) is 0 Å². The molecule has 1 aliphatic rings. The summed E-state index contributed by atoms with van der Waals surface area (Å²) >= 11 is 0. The number of fused-ring (bicyclic) bond motifs is 1. The summed E-state index contributed by atoms with van der Waals surface area (Å²) < 4.78 is 0. The molecule has 1 aliphatic carbocycles. The van der Waals surface area contributed by atoms with E-state index in [1.54, 1.807) is 5.56 Å².